The number of fused-ring (bicyclic) bond motifs is 1. The van der Waals surface area contributed by atoms with E-state index in [1.165, 1.54) is 0 Å². The summed E-state index contributed by atoms with van der Waals surface area (Å²) in [6, 6.07) is 17.8. The summed E-state index contributed by atoms with van der Waals surface area (Å²) in [6.07, 6.45) is 0. The van der Waals surface area contributed by atoms with Gasteiger partial charge in [0.15, 0.2) is 6.61 Å². The molecule has 172 valence electrons. The largest absolute Gasteiger partial charge is 0.482 e. The molecule has 0 radical (unpaired) electrons. The maximum atomic E-state index is 12.4. The van der Waals surface area contributed by atoms with E-state index < -0.39 is 11.9 Å². The number of nitrogens with two attached hydrogens (primary N) is 1. The number of hydrogen-bond acceptors (Lipinski definition) is 6. The zero-order valence-electron chi connectivity index (χ0n) is 18.4. The lowest BCUT2D eigenvalue weighted by molar-refractivity contribution is -0.136. The molecule has 8 heteroatoms. The molecule has 0 aromatic heterocycles. The fourth-order valence-electron chi connectivity index (χ4n) is 3.71. The van der Waals surface area contributed by atoms with Crippen molar-refractivity contribution in [2.45, 2.75) is 19.8 Å². The van der Waals surface area contributed by atoms with Gasteiger partial charge in [0.2, 0.25) is 5.88 Å². The number of nitrogens with zero attached hydrogens (tertiary/aromatic N) is 1. The molecule has 34 heavy (non-hydrogen) atoms. The molecule has 0 saturated carbocycles. The van der Waals surface area contributed by atoms with E-state index in [9.17, 15) is 10.1 Å². The summed E-state index contributed by atoms with van der Waals surface area (Å²) >= 11 is 12.3. The molecule has 0 fully saturated rings. The fourth-order valence-corrected chi connectivity index (χ4v) is 4.02. The average molecular weight is 495 g/mol. The summed E-state index contributed by atoms with van der Waals surface area (Å²) in [5.41, 5.74) is 9.71. The van der Waals surface area contributed by atoms with Crippen LogP contribution in [-0.2, 0) is 4.79 Å². The number of ether oxygens (including phenoxy) is 3. The predicted octanol–water partition coefficient (Wildman–Crippen LogP) is 5.81. The van der Waals surface area contributed by atoms with Crippen molar-refractivity contribution in [3.8, 4) is 23.3 Å². The summed E-state index contributed by atoms with van der Waals surface area (Å²) in [4.78, 5) is 12.4. The Balaban J connectivity index is 1.56. The van der Waals surface area contributed by atoms with Gasteiger partial charge < -0.3 is 19.9 Å². The minimum Gasteiger partial charge on any atom is -0.482 e. The first kappa shape index (κ1) is 23.5. The van der Waals surface area contributed by atoms with E-state index in [0.717, 1.165) is 16.7 Å². The molecule has 2 N–H and O–H groups in total. The van der Waals surface area contributed by atoms with Crippen LogP contribution in [0.4, 0.5) is 0 Å². The van der Waals surface area contributed by atoms with Gasteiger partial charge in [0, 0.05) is 11.6 Å². The molecule has 3 aromatic rings. The van der Waals surface area contributed by atoms with Crippen LogP contribution in [0.3, 0.4) is 0 Å². The molecule has 1 unspecified atom stereocenters. The third-order valence-corrected chi connectivity index (χ3v) is 6.34. The molecular formula is C26H20Cl2N2O4. The highest BCUT2D eigenvalue weighted by Gasteiger charge is 2.31. The minimum absolute atomic E-state index is 0.0344. The Labute approximate surface area is 207 Å². The molecule has 3 aromatic carbocycles. The number of carbonyl (C=O) groups excluding carboxylic acids is 1. The van der Waals surface area contributed by atoms with E-state index in [4.69, 9.17) is 43.1 Å². The number of allylic oxidation sites excluding steroid dienone is 1. The van der Waals surface area contributed by atoms with Gasteiger partial charge in [0.05, 0.1) is 16.0 Å². The Morgan fingerprint density at radius 3 is 2.65 bits per heavy atom. The highest BCUT2D eigenvalue weighted by Crippen LogP contribution is 2.44. The third-order valence-electron chi connectivity index (χ3n) is 5.60. The summed E-state index contributed by atoms with van der Waals surface area (Å²) in [5, 5.41) is 10.5. The topological polar surface area (TPSA) is 94.6 Å². The van der Waals surface area contributed by atoms with Gasteiger partial charge in [-0.15, -0.1) is 0 Å². The Morgan fingerprint density at radius 1 is 1.12 bits per heavy atom. The standard InChI is InChI=1S/C26H20Cl2N2O4/c1-14-4-3-5-22(15(14)2)32-13-24(31)33-17-7-8-18-23(11-17)34-26(30)19(12-29)25(18)16-6-9-20(27)21(28)10-16/h3-11,25H,13,30H2,1-2H3. The molecule has 0 aliphatic carbocycles. The van der Waals surface area contributed by atoms with E-state index >= 15 is 0 Å². The van der Waals surface area contributed by atoms with E-state index in [1.54, 1.807) is 42.5 Å². The normalized spacial score (nSPS) is 14.6. The number of benzene rings is 3. The van der Waals surface area contributed by atoms with Crippen LogP contribution in [0.1, 0.15) is 28.2 Å². The van der Waals surface area contributed by atoms with E-state index in [0.29, 0.717) is 27.1 Å². The van der Waals surface area contributed by atoms with Crippen LogP contribution in [0.15, 0.2) is 66.1 Å². The van der Waals surface area contributed by atoms with Gasteiger partial charge in [0.1, 0.15) is 28.9 Å². The Morgan fingerprint density at radius 2 is 1.91 bits per heavy atom. The molecule has 4 rings (SSSR count). The molecule has 1 aliphatic heterocycles. The van der Waals surface area contributed by atoms with Crippen LogP contribution >= 0.6 is 23.2 Å². The monoisotopic (exact) mass is 494 g/mol. The molecule has 1 atom stereocenters. The quantitative estimate of drug-likeness (QED) is 0.355. The summed E-state index contributed by atoms with van der Waals surface area (Å²) < 4.78 is 16.7. The van der Waals surface area contributed by atoms with E-state index in [1.807, 2.05) is 26.0 Å². The van der Waals surface area contributed by atoms with Gasteiger partial charge in [-0.25, -0.2) is 4.79 Å². The zero-order valence-corrected chi connectivity index (χ0v) is 19.9. The number of esters is 1. The summed E-state index contributed by atoms with van der Waals surface area (Å²) in [5.74, 6) is 0.132. The highest BCUT2D eigenvalue weighted by atomic mass is 35.5. The van der Waals surface area contributed by atoms with Crippen LogP contribution in [0.25, 0.3) is 0 Å². The Hall–Kier alpha value is -3.66. The van der Waals surface area contributed by atoms with Crippen molar-refractivity contribution in [2.75, 3.05) is 6.61 Å². The first-order valence-electron chi connectivity index (χ1n) is 10.3. The number of nitriles is 1. The molecule has 0 amide bonds. The molecule has 1 heterocycles. The van der Waals surface area contributed by atoms with Gasteiger partial charge in [-0.3, -0.25) is 0 Å². The third kappa shape index (κ3) is 4.67. The smallest absolute Gasteiger partial charge is 0.349 e. The molecule has 0 bridgehead atoms. The number of aryl methyl sites for hydroxylation is 1. The van der Waals surface area contributed by atoms with Crippen LogP contribution < -0.4 is 19.9 Å². The van der Waals surface area contributed by atoms with Crippen LogP contribution in [0, 0.1) is 25.2 Å². The number of halogens is 2. The van der Waals surface area contributed by atoms with Crippen molar-refractivity contribution < 1.29 is 19.0 Å². The molecular weight excluding hydrogens is 475 g/mol. The Bertz CT molecular complexity index is 1360. The predicted molar refractivity (Wildman–Crippen MR) is 129 cm³/mol. The van der Waals surface area contributed by atoms with Crippen molar-refractivity contribution in [3.63, 3.8) is 0 Å². The Kier molecular flexibility index (Phi) is 6.69. The molecule has 0 saturated heterocycles. The SMILES string of the molecule is Cc1cccc(OCC(=O)Oc2ccc3c(c2)OC(N)=C(C#N)C3c2ccc(Cl)c(Cl)c2)c1C. The van der Waals surface area contributed by atoms with Crippen molar-refractivity contribution in [3.05, 3.63) is 98.4 Å². The van der Waals surface area contributed by atoms with Crippen molar-refractivity contribution in [2.24, 2.45) is 5.73 Å². The maximum absolute atomic E-state index is 12.4. The molecule has 0 spiro atoms. The molecule has 6 nitrogen and oxygen atoms in total. The lowest BCUT2D eigenvalue weighted by Crippen LogP contribution is -2.22. The maximum Gasteiger partial charge on any atom is 0.349 e. The second-order valence-electron chi connectivity index (χ2n) is 7.76. The van der Waals surface area contributed by atoms with Gasteiger partial charge in [-0.2, -0.15) is 5.26 Å². The van der Waals surface area contributed by atoms with Gasteiger partial charge in [-0.05, 0) is 54.8 Å². The van der Waals surface area contributed by atoms with Gasteiger partial charge in [-0.1, -0.05) is 47.5 Å². The van der Waals surface area contributed by atoms with Gasteiger partial charge in [0.25, 0.3) is 0 Å². The number of hydrogen-bond donors (Lipinski definition) is 1. The van der Waals surface area contributed by atoms with Crippen molar-refractivity contribution in [1.29, 1.82) is 5.26 Å². The molecule has 1 aliphatic rings. The average Bonchev–Trinajstić information content (AvgIpc) is 2.81. The van der Waals surface area contributed by atoms with E-state index in [-0.39, 0.29) is 23.8 Å². The second-order valence-corrected chi connectivity index (χ2v) is 8.57. The highest BCUT2D eigenvalue weighted by molar-refractivity contribution is 6.42. The number of rotatable bonds is 5. The number of carbonyl (C=O) groups is 1. The first-order valence-corrected chi connectivity index (χ1v) is 11.1. The van der Waals surface area contributed by atoms with Crippen LogP contribution in [-0.4, -0.2) is 12.6 Å². The van der Waals surface area contributed by atoms with Crippen molar-refractivity contribution >= 4 is 29.2 Å². The fraction of sp³-hybridized carbons (Fsp3) is 0.154. The lowest BCUT2D eigenvalue weighted by atomic mass is 9.83. The van der Waals surface area contributed by atoms with E-state index in [2.05, 4.69) is 6.07 Å². The lowest BCUT2D eigenvalue weighted by Gasteiger charge is -2.27. The minimum atomic E-state index is -0.570. The summed E-state index contributed by atoms with van der Waals surface area (Å²) in [6.45, 7) is 3.64. The van der Waals surface area contributed by atoms with Crippen LogP contribution in [0.5, 0.6) is 17.2 Å². The first-order chi connectivity index (χ1) is 16.3. The second kappa shape index (κ2) is 9.68. The van der Waals surface area contributed by atoms with Gasteiger partial charge >= 0.3 is 5.97 Å². The summed E-state index contributed by atoms with van der Waals surface area (Å²) in [7, 11) is 0. The van der Waals surface area contributed by atoms with Crippen molar-refractivity contribution in [1.82, 2.24) is 0 Å². The zero-order chi connectivity index (χ0) is 24.4. The van der Waals surface area contributed by atoms with Crippen LogP contribution in [0.2, 0.25) is 10.0 Å².